The van der Waals surface area contributed by atoms with Crippen LogP contribution in [0.4, 0.5) is 0 Å². The fourth-order valence-electron chi connectivity index (χ4n) is 1.33. The molecular weight excluding hydrogens is 195 g/mol. The Kier molecular flexibility index (Phi) is 3.08. The number of nitrogens with two attached hydrogens (primary N) is 1. The smallest absolute Gasteiger partial charge is 0.234 e. The van der Waals surface area contributed by atoms with Gasteiger partial charge in [-0.1, -0.05) is 0 Å². The van der Waals surface area contributed by atoms with Gasteiger partial charge in [0.05, 0.1) is 24.9 Å². The Morgan fingerprint density at radius 2 is 2.23 bits per heavy atom. The Hall–Kier alpha value is -0.420. The zero-order valence-corrected chi connectivity index (χ0v) is 7.91. The molecule has 0 aromatic rings. The summed E-state index contributed by atoms with van der Waals surface area (Å²) in [6.07, 6.45) is -1.16. The molecule has 1 heterocycles. The molecule has 0 spiro atoms. The van der Waals surface area contributed by atoms with Gasteiger partial charge in [0.2, 0.25) is 13.3 Å². The van der Waals surface area contributed by atoms with E-state index in [1.54, 1.807) is 0 Å². The van der Waals surface area contributed by atoms with Gasteiger partial charge in [0.15, 0.2) is 0 Å². The third kappa shape index (κ3) is 2.77. The first-order chi connectivity index (χ1) is 5.94. The maximum atomic E-state index is 11.1. The third-order valence-corrected chi connectivity index (χ3v) is 3.86. The summed E-state index contributed by atoms with van der Waals surface area (Å²) in [7, 11) is -3.23. The summed E-state index contributed by atoms with van der Waals surface area (Å²) in [5.74, 6) is -0.425. The second kappa shape index (κ2) is 3.75. The molecule has 1 aliphatic heterocycles. The minimum atomic E-state index is -3.23. The van der Waals surface area contributed by atoms with E-state index >= 15 is 0 Å². The topological polar surface area (TPSA) is 113 Å². The van der Waals surface area contributed by atoms with E-state index in [1.807, 2.05) is 0 Å². The third-order valence-electron chi connectivity index (χ3n) is 1.95. The molecule has 0 aromatic heterocycles. The molecule has 1 rings (SSSR count). The van der Waals surface area contributed by atoms with Gasteiger partial charge in [0.25, 0.3) is 0 Å². The largest absolute Gasteiger partial charge is 0.390 e. The first-order valence-corrected chi connectivity index (χ1v) is 5.96. The number of carbonyl (C=O) groups excluding carboxylic acids is 1. The van der Waals surface area contributed by atoms with Crippen molar-refractivity contribution in [3.05, 3.63) is 0 Å². The maximum absolute atomic E-state index is 11.1. The lowest BCUT2D eigenvalue weighted by molar-refractivity contribution is -0.120. The monoisotopic (exact) mass is 208 g/mol. The molecule has 1 saturated heterocycles. The predicted octanol–water partition coefficient (Wildman–Crippen LogP) is -1.93. The molecule has 0 saturated carbocycles. The van der Waals surface area contributed by atoms with E-state index in [0.29, 0.717) is 0 Å². The van der Waals surface area contributed by atoms with Crippen LogP contribution in [0.3, 0.4) is 0 Å². The molecule has 0 aromatic carbocycles. The summed E-state index contributed by atoms with van der Waals surface area (Å²) in [6.45, 7) is -0.182. The molecule has 6 nitrogen and oxygen atoms in total. The highest BCUT2D eigenvalue weighted by Crippen LogP contribution is 2.47. The molecule has 0 aliphatic carbocycles. The van der Waals surface area contributed by atoms with Gasteiger partial charge in [0, 0.05) is 6.16 Å². The van der Waals surface area contributed by atoms with Crippen molar-refractivity contribution in [2.24, 2.45) is 5.73 Å². The second-order valence-electron chi connectivity index (χ2n) is 3.16. The highest BCUT2D eigenvalue weighted by atomic mass is 31.2. The lowest BCUT2D eigenvalue weighted by Crippen LogP contribution is -2.44. The van der Waals surface area contributed by atoms with E-state index < -0.39 is 25.4 Å². The Bertz CT molecular complexity index is 257. The number of aliphatic hydroxyl groups excluding tert-OH is 1. The van der Waals surface area contributed by atoms with Crippen molar-refractivity contribution >= 4 is 13.3 Å². The quantitative estimate of drug-likeness (QED) is 0.395. The van der Waals surface area contributed by atoms with Gasteiger partial charge in [-0.05, 0) is 0 Å². The van der Waals surface area contributed by atoms with Gasteiger partial charge in [-0.15, -0.1) is 0 Å². The van der Waals surface area contributed by atoms with E-state index in [-0.39, 0.29) is 18.9 Å². The number of hydrogen-bond acceptors (Lipinski definition) is 4. The number of hydrogen-bond donors (Lipinski definition) is 4. The van der Waals surface area contributed by atoms with Crippen LogP contribution in [-0.2, 0) is 9.36 Å². The van der Waals surface area contributed by atoms with Crippen LogP contribution < -0.4 is 11.1 Å². The van der Waals surface area contributed by atoms with Crippen molar-refractivity contribution in [3.63, 3.8) is 0 Å². The van der Waals surface area contributed by atoms with Crippen LogP contribution in [0.5, 0.6) is 0 Å². The summed E-state index contributed by atoms with van der Waals surface area (Å²) in [5, 5.41) is 11.7. The highest BCUT2D eigenvalue weighted by Gasteiger charge is 2.40. The summed E-state index contributed by atoms with van der Waals surface area (Å²) in [5.41, 5.74) is 5.04. The molecule has 3 unspecified atom stereocenters. The van der Waals surface area contributed by atoms with Crippen LogP contribution in [0, 0.1) is 0 Å². The van der Waals surface area contributed by atoms with Gasteiger partial charge < -0.3 is 21.1 Å². The number of amides is 1. The molecule has 7 heteroatoms. The van der Waals surface area contributed by atoms with Crippen molar-refractivity contribution < 1.29 is 19.4 Å². The predicted molar refractivity (Wildman–Crippen MR) is 46.6 cm³/mol. The average molecular weight is 208 g/mol. The van der Waals surface area contributed by atoms with Crippen molar-refractivity contribution in [2.75, 3.05) is 18.9 Å². The zero-order valence-electron chi connectivity index (χ0n) is 7.01. The molecule has 76 valence electrons. The first kappa shape index (κ1) is 10.7. The first-order valence-electron chi connectivity index (χ1n) is 3.93. The standard InChI is InChI=1S/C6H13N2O4P/c7-1-6(10)8-4-2-13(11,12)3-5(4)9/h4-5,9H,1-3,7H2,(H,8,10)(H,11,12). The van der Waals surface area contributed by atoms with E-state index in [4.69, 9.17) is 10.6 Å². The molecule has 0 bridgehead atoms. The maximum Gasteiger partial charge on any atom is 0.234 e. The lowest BCUT2D eigenvalue weighted by atomic mass is 10.2. The Morgan fingerprint density at radius 3 is 2.62 bits per heavy atom. The molecule has 13 heavy (non-hydrogen) atoms. The minimum absolute atomic E-state index is 0.0695. The van der Waals surface area contributed by atoms with E-state index in [0.717, 1.165) is 0 Å². The lowest BCUT2D eigenvalue weighted by Gasteiger charge is -2.14. The van der Waals surface area contributed by atoms with Crippen LogP contribution in [0.2, 0.25) is 0 Å². The van der Waals surface area contributed by atoms with Crippen molar-refractivity contribution in [1.29, 1.82) is 0 Å². The number of rotatable bonds is 2. The second-order valence-corrected chi connectivity index (χ2v) is 5.58. The summed E-state index contributed by atoms with van der Waals surface area (Å²) in [6, 6.07) is -0.633. The molecule has 1 fully saturated rings. The Balaban J connectivity index is 2.53. The van der Waals surface area contributed by atoms with Crippen molar-refractivity contribution in [1.82, 2.24) is 5.32 Å². The van der Waals surface area contributed by atoms with Crippen molar-refractivity contribution in [3.8, 4) is 0 Å². The fraction of sp³-hybridized carbons (Fsp3) is 0.833. The zero-order chi connectivity index (χ0) is 10.1. The van der Waals surface area contributed by atoms with Gasteiger partial charge in [-0.2, -0.15) is 0 Å². The van der Waals surface area contributed by atoms with Gasteiger partial charge in [0.1, 0.15) is 0 Å². The van der Waals surface area contributed by atoms with Gasteiger partial charge >= 0.3 is 0 Å². The number of nitrogens with one attached hydrogen (secondary N) is 1. The number of aliphatic hydroxyl groups is 1. The average Bonchev–Trinajstić information content (AvgIpc) is 2.24. The van der Waals surface area contributed by atoms with E-state index in [9.17, 15) is 14.5 Å². The Labute approximate surface area is 75.6 Å². The molecule has 1 aliphatic rings. The van der Waals surface area contributed by atoms with Crippen molar-refractivity contribution in [2.45, 2.75) is 12.1 Å². The van der Waals surface area contributed by atoms with Crippen LogP contribution >= 0.6 is 7.37 Å². The Morgan fingerprint density at radius 1 is 1.62 bits per heavy atom. The highest BCUT2D eigenvalue weighted by molar-refractivity contribution is 7.58. The minimum Gasteiger partial charge on any atom is -0.390 e. The van der Waals surface area contributed by atoms with Gasteiger partial charge in [-0.25, -0.2) is 0 Å². The van der Waals surface area contributed by atoms with E-state index in [1.165, 1.54) is 0 Å². The summed E-state index contributed by atoms with van der Waals surface area (Å²) in [4.78, 5) is 19.9. The van der Waals surface area contributed by atoms with Crippen LogP contribution in [0.15, 0.2) is 0 Å². The summed E-state index contributed by atoms with van der Waals surface area (Å²) >= 11 is 0. The molecular formula is C6H13N2O4P. The fourth-order valence-corrected chi connectivity index (χ4v) is 3.27. The molecule has 0 radical (unpaired) electrons. The van der Waals surface area contributed by atoms with Crippen LogP contribution in [-0.4, -0.2) is 46.9 Å². The normalized spacial score (nSPS) is 39.0. The van der Waals surface area contributed by atoms with Crippen LogP contribution in [0.25, 0.3) is 0 Å². The van der Waals surface area contributed by atoms with Crippen LogP contribution in [0.1, 0.15) is 0 Å². The molecule has 3 atom stereocenters. The number of carbonyl (C=O) groups is 1. The SMILES string of the molecule is NCC(=O)NC1CP(=O)(O)CC1O. The molecule has 5 N–H and O–H groups in total. The van der Waals surface area contributed by atoms with E-state index in [2.05, 4.69) is 5.32 Å². The summed E-state index contributed by atoms with van der Waals surface area (Å²) < 4.78 is 11.1. The van der Waals surface area contributed by atoms with Gasteiger partial charge in [-0.3, -0.25) is 9.36 Å². The molecule has 1 amide bonds.